The molecule has 1 aliphatic rings. The minimum Gasteiger partial charge on any atom is -0.491 e. The Balaban J connectivity index is 1.80. The van der Waals surface area contributed by atoms with E-state index in [9.17, 15) is 8.42 Å². The number of ether oxygens (including phenoxy) is 2. The zero-order valence-electron chi connectivity index (χ0n) is 18.4. The van der Waals surface area contributed by atoms with Gasteiger partial charge in [-0.3, -0.25) is 4.31 Å². The molecule has 2 aromatic carbocycles. The Hall–Kier alpha value is -2.05. The second-order valence-electron chi connectivity index (χ2n) is 8.49. The summed E-state index contributed by atoms with van der Waals surface area (Å²) in [6.45, 7) is 9.71. The number of sulfonamides is 1. The van der Waals surface area contributed by atoms with E-state index in [4.69, 9.17) is 9.47 Å². The first-order chi connectivity index (χ1) is 14.3. The third-order valence-electron chi connectivity index (χ3n) is 5.27. The lowest BCUT2D eigenvalue weighted by molar-refractivity contribution is -0.0110. The van der Waals surface area contributed by atoms with Crippen LogP contribution in [0, 0.1) is 19.8 Å². The molecule has 0 amide bonds. The molecule has 0 saturated carbocycles. The summed E-state index contributed by atoms with van der Waals surface area (Å²) < 4.78 is 40.0. The molecule has 0 N–H and O–H groups in total. The maximum atomic E-state index is 13.5. The topological polar surface area (TPSA) is 55.8 Å². The Labute approximate surface area is 181 Å². The van der Waals surface area contributed by atoms with Crippen molar-refractivity contribution in [2.45, 2.75) is 58.0 Å². The van der Waals surface area contributed by atoms with E-state index >= 15 is 0 Å². The molecule has 164 valence electrons. The summed E-state index contributed by atoms with van der Waals surface area (Å²) in [4.78, 5) is 0.268. The van der Waals surface area contributed by atoms with Crippen molar-refractivity contribution in [2.24, 2.45) is 5.92 Å². The number of aryl methyl sites for hydroxylation is 2. The Morgan fingerprint density at radius 1 is 1.10 bits per heavy atom. The van der Waals surface area contributed by atoms with E-state index in [2.05, 4.69) is 0 Å². The van der Waals surface area contributed by atoms with Crippen molar-refractivity contribution in [3.05, 3.63) is 53.6 Å². The van der Waals surface area contributed by atoms with Gasteiger partial charge in [0.25, 0.3) is 10.0 Å². The number of anilines is 1. The summed E-state index contributed by atoms with van der Waals surface area (Å²) in [5.41, 5.74) is 2.79. The van der Waals surface area contributed by atoms with Crippen LogP contribution in [0.5, 0.6) is 5.75 Å². The van der Waals surface area contributed by atoms with Crippen LogP contribution in [-0.2, 0) is 14.8 Å². The van der Waals surface area contributed by atoms with Crippen molar-refractivity contribution in [3.63, 3.8) is 0 Å². The highest BCUT2D eigenvalue weighted by Crippen LogP contribution is 2.29. The van der Waals surface area contributed by atoms with Crippen molar-refractivity contribution in [3.8, 4) is 5.75 Å². The van der Waals surface area contributed by atoms with Gasteiger partial charge >= 0.3 is 0 Å². The van der Waals surface area contributed by atoms with Crippen LogP contribution in [0.2, 0.25) is 0 Å². The van der Waals surface area contributed by atoms with Gasteiger partial charge in [-0.05, 0) is 74.9 Å². The first kappa shape index (κ1) is 22.6. The van der Waals surface area contributed by atoms with Gasteiger partial charge in [-0.1, -0.05) is 31.5 Å². The molecule has 5 nitrogen and oxygen atoms in total. The van der Waals surface area contributed by atoms with Gasteiger partial charge in [0.1, 0.15) is 12.4 Å². The van der Waals surface area contributed by atoms with Gasteiger partial charge in [-0.15, -0.1) is 0 Å². The van der Waals surface area contributed by atoms with Crippen LogP contribution in [0.15, 0.2) is 47.4 Å². The van der Waals surface area contributed by atoms with E-state index in [1.165, 1.54) is 4.31 Å². The monoisotopic (exact) mass is 431 g/mol. The summed E-state index contributed by atoms with van der Waals surface area (Å²) >= 11 is 0. The first-order valence-corrected chi connectivity index (χ1v) is 12.2. The maximum absolute atomic E-state index is 13.5. The summed E-state index contributed by atoms with van der Waals surface area (Å²) in [6.07, 6.45) is 3.39. The third-order valence-corrected chi connectivity index (χ3v) is 7.07. The van der Waals surface area contributed by atoms with Crippen LogP contribution in [0.25, 0.3) is 0 Å². The van der Waals surface area contributed by atoms with Crippen molar-refractivity contribution in [1.82, 2.24) is 0 Å². The average Bonchev–Trinajstić information content (AvgIpc) is 2.72. The predicted molar refractivity (Wildman–Crippen MR) is 121 cm³/mol. The van der Waals surface area contributed by atoms with Crippen LogP contribution in [0.4, 0.5) is 5.69 Å². The normalized spacial score (nSPS) is 17.2. The second-order valence-corrected chi connectivity index (χ2v) is 10.4. The highest BCUT2D eigenvalue weighted by atomic mass is 32.2. The number of nitrogens with zero attached hydrogens (tertiary/aromatic N) is 1. The number of rotatable bonds is 8. The zero-order valence-corrected chi connectivity index (χ0v) is 19.2. The molecule has 1 aliphatic heterocycles. The van der Waals surface area contributed by atoms with Crippen LogP contribution >= 0.6 is 0 Å². The molecule has 0 aliphatic carbocycles. The fourth-order valence-corrected chi connectivity index (χ4v) is 5.40. The Bertz CT molecular complexity index is 932. The largest absolute Gasteiger partial charge is 0.491 e. The maximum Gasteiger partial charge on any atom is 0.264 e. The highest BCUT2D eigenvalue weighted by Gasteiger charge is 2.27. The molecule has 0 aromatic heterocycles. The SMILES string of the molecule is Cc1ccc(N(CC(C)C)S(=O)(=O)c2ccc(OCC3CCCCO3)cc2)c(C)c1. The number of hydrogen-bond acceptors (Lipinski definition) is 4. The molecular formula is C24H33NO4S. The van der Waals surface area contributed by atoms with Gasteiger partial charge in [0.15, 0.2) is 0 Å². The van der Waals surface area contributed by atoms with Crippen LogP contribution in [0.1, 0.15) is 44.2 Å². The van der Waals surface area contributed by atoms with Gasteiger partial charge in [-0.25, -0.2) is 8.42 Å². The standard InChI is InChI=1S/C24H33NO4S/c1-18(2)16-25(24-13-8-19(3)15-20(24)4)30(26,27)23-11-9-21(10-12-23)29-17-22-7-5-6-14-28-22/h8-13,15,18,22H,5-7,14,16-17H2,1-4H3. The second kappa shape index (κ2) is 9.84. The molecule has 0 radical (unpaired) electrons. The highest BCUT2D eigenvalue weighted by molar-refractivity contribution is 7.92. The van der Waals surface area contributed by atoms with E-state index in [-0.39, 0.29) is 16.9 Å². The van der Waals surface area contributed by atoms with Gasteiger partial charge in [0.05, 0.1) is 16.7 Å². The molecule has 3 rings (SSSR count). The third kappa shape index (κ3) is 5.55. The minimum absolute atomic E-state index is 0.119. The first-order valence-electron chi connectivity index (χ1n) is 10.7. The van der Waals surface area contributed by atoms with Crippen LogP contribution in [0.3, 0.4) is 0 Å². The molecule has 1 saturated heterocycles. The Morgan fingerprint density at radius 2 is 1.83 bits per heavy atom. The fraction of sp³-hybridized carbons (Fsp3) is 0.500. The van der Waals surface area contributed by atoms with Crippen LogP contribution in [-0.4, -0.2) is 34.3 Å². The lowest BCUT2D eigenvalue weighted by atomic mass is 10.1. The lowest BCUT2D eigenvalue weighted by Gasteiger charge is -2.28. The van der Waals surface area contributed by atoms with Gasteiger partial charge in [0.2, 0.25) is 0 Å². The summed E-state index contributed by atoms with van der Waals surface area (Å²) in [5, 5.41) is 0. The summed E-state index contributed by atoms with van der Waals surface area (Å²) in [6, 6.07) is 12.6. The van der Waals surface area contributed by atoms with Gasteiger partial charge in [0, 0.05) is 13.2 Å². The lowest BCUT2D eigenvalue weighted by Crippen LogP contribution is -2.34. The molecule has 0 spiro atoms. The van der Waals surface area contributed by atoms with Crippen molar-refractivity contribution >= 4 is 15.7 Å². The Kier molecular flexibility index (Phi) is 7.42. The molecule has 30 heavy (non-hydrogen) atoms. The average molecular weight is 432 g/mol. The molecule has 6 heteroatoms. The van der Waals surface area contributed by atoms with Crippen molar-refractivity contribution in [1.29, 1.82) is 0 Å². The van der Waals surface area contributed by atoms with E-state index in [1.54, 1.807) is 24.3 Å². The fourth-order valence-electron chi connectivity index (χ4n) is 3.71. The molecule has 0 bridgehead atoms. The minimum atomic E-state index is -3.68. The van der Waals surface area contributed by atoms with Crippen molar-refractivity contribution < 1.29 is 17.9 Å². The van der Waals surface area contributed by atoms with Crippen molar-refractivity contribution in [2.75, 3.05) is 24.1 Å². The molecule has 1 unspecified atom stereocenters. The zero-order chi connectivity index (χ0) is 21.7. The van der Waals surface area contributed by atoms with E-state index in [1.807, 2.05) is 45.9 Å². The van der Waals surface area contributed by atoms with Gasteiger partial charge < -0.3 is 9.47 Å². The van der Waals surface area contributed by atoms with E-state index < -0.39 is 10.0 Å². The Morgan fingerprint density at radius 3 is 2.43 bits per heavy atom. The van der Waals surface area contributed by atoms with E-state index in [0.29, 0.717) is 18.9 Å². The number of benzene rings is 2. The molecule has 1 atom stereocenters. The quantitative estimate of drug-likeness (QED) is 0.583. The smallest absolute Gasteiger partial charge is 0.264 e. The number of hydrogen-bond donors (Lipinski definition) is 0. The summed E-state index contributed by atoms with van der Waals surface area (Å²) in [7, 11) is -3.68. The van der Waals surface area contributed by atoms with Crippen LogP contribution < -0.4 is 9.04 Å². The molecule has 1 heterocycles. The molecular weight excluding hydrogens is 398 g/mol. The molecule has 1 fully saturated rings. The van der Waals surface area contributed by atoms with Gasteiger partial charge in [-0.2, -0.15) is 0 Å². The van der Waals surface area contributed by atoms with E-state index in [0.717, 1.165) is 42.7 Å². The predicted octanol–water partition coefficient (Wildman–Crippen LogP) is 5.10. The summed E-state index contributed by atoms with van der Waals surface area (Å²) in [5.74, 6) is 0.851. The molecule has 2 aromatic rings.